The van der Waals surface area contributed by atoms with Gasteiger partial charge in [-0.1, -0.05) is 0 Å². The molecule has 0 amide bonds. The lowest BCUT2D eigenvalue weighted by Gasteiger charge is -2.08. The Labute approximate surface area is 103 Å². The second kappa shape index (κ2) is 7.17. The Kier molecular flexibility index (Phi) is 5.87. The van der Waals surface area contributed by atoms with Crippen LogP contribution in [0.5, 0.6) is 5.88 Å². The maximum absolute atomic E-state index is 11.7. The number of hydrogen-bond donors (Lipinski definition) is 1. The van der Waals surface area contributed by atoms with E-state index in [-0.39, 0.29) is 6.61 Å². The van der Waals surface area contributed by atoms with Crippen molar-refractivity contribution < 1.29 is 22.6 Å². The molecule has 0 spiro atoms. The number of pyridine rings is 1. The first-order chi connectivity index (χ1) is 8.51. The van der Waals surface area contributed by atoms with Gasteiger partial charge in [0.25, 0.3) is 0 Å². The molecule has 1 aromatic heterocycles. The number of ether oxygens (including phenoxy) is 2. The minimum absolute atomic E-state index is 0.0156. The van der Waals surface area contributed by atoms with Crippen LogP contribution in [-0.4, -0.2) is 38.0 Å². The average molecular weight is 264 g/mol. The van der Waals surface area contributed by atoms with Gasteiger partial charge in [-0.25, -0.2) is 4.98 Å². The molecule has 0 aliphatic carbocycles. The van der Waals surface area contributed by atoms with Crippen molar-refractivity contribution in [3.8, 4) is 5.88 Å². The van der Waals surface area contributed by atoms with E-state index in [1.54, 1.807) is 18.3 Å². The van der Waals surface area contributed by atoms with Gasteiger partial charge in [0.05, 0.1) is 13.7 Å². The van der Waals surface area contributed by atoms with Gasteiger partial charge in [-0.3, -0.25) is 0 Å². The maximum Gasteiger partial charge on any atom is 0.411 e. The van der Waals surface area contributed by atoms with Crippen molar-refractivity contribution in [2.24, 2.45) is 0 Å². The van der Waals surface area contributed by atoms with Gasteiger partial charge in [-0.2, -0.15) is 13.2 Å². The SMILES string of the molecule is COc1cc(CNCCOCC(F)(F)F)ccn1. The quantitative estimate of drug-likeness (QED) is 0.762. The molecule has 102 valence electrons. The van der Waals surface area contributed by atoms with Gasteiger partial charge in [0.1, 0.15) is 6.61 Å². The van der Waals surface area contributed by atoms with Gasteiger partial charge in [-0.05, 0) is 11.6 Å². The highest BCUT2D eigenvalue weighted by Crippen LogP contribution is 2.14. The number of rotatable bonds is 7. The largest absolute Gasteiger partial charge is 0.481 e. The standard InChI is InChI=1S/C11H15F3N2O2/c1-17-10-6-9(2-3-16-10)7-15-4-5-18-8-11(12,13)14/h2-3,6,15H,4-5,7-8H2,1H3. The Balaban J connectivity index is 2.14. The highest BCUT2D eigenvalue weighted by molar-refractivity contribution is 5.20. The molecule has 0 saturated heterocycles. The summed E-state index contributed by atoms with van der Waals surface area (Å²) < 4.78 is 44.6. The van der Waals surface area contributed by atoms with E-state index in [1.807, 2.05) is 0 Å². The first-order valence-corrected chi connectivity index (χ1v) is 5.35. The second-order valence-corrected chi connectivity index (χ2v) is 3.55. The third-order valence-corrected chi connectivity index (χ3v) is 2.03. The van der Waals surface area contributed by atoms with Crippen molar-refractivity contribution in [2.45, 2.75) is 12.7 Å². The van der Waals surface area contributed by atoms with Crippen LogP contribution in [0.2, 0.25) is 0 Å². The molecule has 0 aliphatic rings. The topological polar surface area (TPSA) is 43.4 Å². The van der Waals surface area contributed by atoms with Crippen LogP contribution in [0, 0.1) is 0 Å². The fraction of sp³-hybridized carbons (Fsp3) is 0.545. The van der Waals surface area contributed by atoms with Crippen LogP contribution < -0.4 is 10.1 Å². The summed E-state index contributed by atoms with van der Waals surface area (Å²) in [5, 5.41) is 2.96. The zero-order chi connectivity index (χ0) is 13.4. The van der Waals surface area contributed by atoms with Crippen LogP contribution in [-0.2, 0) is 11.3 Å². The van der Waals surface area contributed by atoms with E-state index >= 15 is 0 Å². The molecule has 0 fully saturated rings. The lowest BCUT2D eigenvalue weighted by atomic mass is 10.2. The van der Waals surface area contributed by atoms with Gasteiger partial charge in [0, 0.05) is 25.4 Å². The summed E-state index contributed by atoms with van der Waals surface area (Å²) in [4.78, 5) is 3.94. The average Bonchev–Trinajstić information content (AvgIpc) is 2.32. The van der Waals surface area contributed by atoms with E-state index in [1.165, 1.54) is 7.11 Å². The predicted molar refractivity (Wildman–Crippen MR) is 59.4 cm³/mol. The van der Waals surface area contributed by atoms with Crippen LogP contribution in [0.1, 0.15) is 5.56 Å². The molecule has 0 bridgehead atoms. The zero-order valence-corrected chi connectivity index (χ0v) is 9.96. The minimum Gasteiger partial charge on any atom is -0.481 e. The van der Waals surface area contributed by atoms with Gasteiger partial charge in [0.2, 0.25) is 5.88 Å². The summed E-state index contributed by atoms with van der Waals surface area (Å²) >= 11 is 0. The molecular formula is C11H15F3N2O2. The van der Waals surface area contributed by atoms with E-state index in [0.717, 1.165) is 5.56 Å². The van der Waals surface area contributed by atoms with Crippen molar-refractivity contribution in [2.75, 3.05) is 26.9 Å². The number of halogens is 3. The van der Waals surface area contributed by atoms with E-state index < -0.39 is 12.8 Å². The number of nitrogens with zero attached hydrogens (tertiary/aromatic N) is 1. The molecule has 1 N–H and O–H groups in total. The molecule has 4 nitrogen and oxygen atoms in total. The number of nitrogens with one attached hydrogen (secondary N) is 1. The summed E-state index contributed by atoms with van der Waals surface area (Å²) in [6, 6.07) is 3.55. The third-order valence-electron chi connectivity index (χ3n) is 2.03. The Morgan fingerprint density at radius 1 is 1.39 bits per heavy atom. The Bertz CT molecular complexity index is 358. The summed E-state index contributed by atoms with van der Waals surface area (Å²) in [6.07, 6.45) is -2.66. The Morgan fingerprint density at radius 3 is 2.83 bits per heavy atom. The number of hydrogen-bond acceptors (Lipinski definition) is 4. The molecule has 0 saturated carbocycles. The summed E-state index contributed by atoms with van der Waals surface area (Å²) in [7, 11) is 1.52. The fourth-order valence-electron chi connectivity index (χ4n) is 1.24. The molecule has 0 atom stereocenters. The normalized spacial score (nSPS) is 11.6. The van der Waals surface area contributed by atoms with Gasteiger partial charge in [0.15, 0.2) is 0 Å². The number of alkyl halides is 3. The van der Waals surface area contributed by atoms with Gasteiger partial charge in [-0.15, -0.1) is 0 Å². The van der Waals surface area contributed by atoms with Crippen LogP contribution in [0.4, 0.5) is 13.2 Å². The third kappa shape index (κ3) is 6.41. The second-order valence-electron chi connectivity index (χ2n) is 3.55. The Hall–Kier alpha value is -1.34. The smallest absolute Gasteiger partial charge is 0.411 e. The molecule has 0 radical (unpaired) electrons. The summed E-state index contributed by atoms with van der Waals surface area (Å²) in [6.45, 7) is -0.325. The van der Waals surface area contributed by atoms with Gasteiger partial charge < -0.3 is 14.8 Å². The number of aromatic nitrogens is 1. The van der Waals surface area contributed by atoms with Crippen molar-refractivity contribution >= 4 is 0 Å². The van der Waals surface area contributed by atoms with E-state index in [4.69, 9.17) is 4.74 Å². The van der Waals surface area contributed by atoms with Crippen molar-refractivity contribution in [3.05, 3.63) is 23.9 Å². The monoisotopic (exact) mass is 264 g/mol. The molecule has 0 unspecified atom stereocenters. The number of methoxy groups -OCH3 is 1. The molecule has 7 heteroatoms. The highest BCUT2D eigenvalue weighted by atomic mass is 19.4. The predicted octanol–water partition coefficient (Wildman–Crippen LogP) is 1.76. The molecular weight excluding hydrogens is 249 g/mol. The Morgan fingerprint density at radius 2 is 2.17 bits per heavy atom. The van der Waals surface area contributed by atoms with Gasteiger partial charge >= 0.3 is 6.18 Å². The van der Waals surface area contributed by atoms with Crippen molar-refractivity contribution in [3.63, 3.8) is 0 Å². The summed E-state index contributed by atoms with van der Waals surface area (Å²) in [5.41, 5.74) is 0.942. The van der Waals surface area contributed by atoms with Crippen LogP contribution in [0.3, 0.4) is 0 Å². The minimum atomic E-state index is -4.27. The molecule has 18 heavy (non-hydrogen) atoms. The fourth-order valence-corrected chi connectivity index (χ4v) is 1.24. The molecule has 1 heterocycles. The molecule has 1 aromatic rings. The lowest BCUT2D eigenvalue weighted by Crippen LogP contribution is -2.23. The highest BCUT2D eigenvalue weighted by Gasteiger charge is 2.27. The zero-order valence-electron chi connectivity index (χ0n) is 9.96. The van der Waals surface area contributed by atoms with Crippen LogP contribution in [0.15, 0.2) is 18.3 Å². The van der Waals surface area contributed by atoms with E-state index in [0.29, 0.717) is 19.0 Å². The van der Waals surface area contributed by atoms with E-state index in [2.05, 4.69) is 15.0 Å². The van der Waals surface area contributed by atoms with Crippen LogP contribution in [0.25, 0.3) is 0 Å². The first-order valence-electron chi connectivity index (χ1n) is 5.35. The summed E-state index contributed by atoms with van der Waals surface area (Å²) in [5.74, 6) is 0.502. The van der Waals surface area contributed by atoms with E-state index in [9.17, 15) is 13.2 Å². The maximum atomic E-state index is 11.7. The van der Waals surface area contributed by atoms with Crippen molar-refractivity contribution in [1.82, 2.24) is 10.3 Å². The first kappa shape index (κ1) is 14.7. The molecule has 0 aromatic carbocycles. The van der Waals surface area contributed by atoms with Crippen LogP contribution >= 0.6 is 0 Å². The lowest BCUT2D eigenvalue weighted by molar-refractivity contribution is -0.173. The molecule has 0 aliphatic heterocycles. The van der Waals surface area contributed by atoms with Crippen molar-refractivity contribution in [1.29, 1.82) is 0 Å². The molecule has 1 rings (SSSR count).